The Labute approximate surface area is 151 Å². The summed E-state index contributed by atoms with van der Waals surface area (Å²) in [5.74, 6) is 1.08. The molecule has 0 bridgehead atoms. The number of carbonyl (C=O) groups excluding carboxylic acids is 1. The number of nitrogens with one attached hydrogen (secondary N) is 2. The lowest BCUT2D eigenvalue weighted by atomic mass is 9.97. The molecule has 4 N–H and O–H groups in total. The molecule has 7 heteroatoms. The lowest BCUT2D eigenvalue weighted by molar-refractivity contribution is -0.117. The van der Waals surface area contributed by atoms with Gasteiger partial charge in [0, 0.05) is 23.2 Å². The number of nitrogens with zero attached hydrogens (tertiary/aromatic N) is 3. The Morgan fingerprint density at radius 2 is 2.15 bits per heavy atom. The number of hydrogen-bond acceptors (Lipinski definition) is 5. The smallest absolute Gasteiger partial charge is 0.232 e. The van der Waals surface area contributed by atoms with Crippen molar-refractivity contribution in [2.45, 2.75) is 31.6 Å². The first-order valence-electron chi connectivity index (χ1n) is 8.64. The maximum Gasteiger partial charge on any atom is 0.232 e. The molecule has 7 nitrogen and oxygen atoms in total. The van der Waals surface area contributed by atoms with E-state index in [0.717, 1.165) is 16.8 Å². The average molecular weight is 348 g/mol. The third-order valence-electron chi connectivity index (χ3n) is 4.59. The van der Waals surface area contributed by atoms with Crippen molar-refractivity contribution in [3.8, 4) is 11.3 Å². The number of anilines is 2. The van der Waals surface area contributed by atoms with Gasteiger partial charge >= 0.3 is 0 Å². The van der Waals surface area contributed by atoms with Crippen LogP contribution in [-0.2, 0) is 4.79 Å². The molecule has 1 fully saturated rings. The Balaban J connectivity index is 1.50. The number of aromatic nitrogens is 4. The van der Waals surface area contributed by atoms with Crippen LogP contribution in [0.25, 0.3) is 11.3 Å². The van der Waals surface area contributed by atoms with Crippen molar-refractivity contribution in [3.05, 3.63) is 54.0 Å². The molecule has 26 heavy (non-hydrogen) atoms. The molecule has 1 aromatic carbocycles. The predicted octanol–water partition coefficient (Wildman–Crippen LogP) is 3.07. The van der Waals surface area contributed by atoms with E-state index in [1.54, 1.807) is 6.20 Å². The van der Waals surface area contributed by atoms with Crippen molar-refractivity contribution in [3.63, 3.8) is 0 Å². The molecule has 1 atom stereocenters. The molecule has 0 aliphatic heterocycles. The number of amides is 1. The van der Waals surface area contributed by atoms with Crippen LogP contribution >= 0.6 is 0 Å². The van der Waals surface area contributed by atoms with Gasteiger partial charge in [-0.15, -0.1) is 0 Å². The Morgan fingerprint density at radius 3 is 2.92 bits per heavy atom. The molecule has 1 aliphatic carbocycles. The SMILES string of the molecule is CC(C(=O)Nc1cc(C2CC2)[nH]n1)c1cccc(-c2cncc(N)n2)c1. The predicted molar refractivity (Wildman–Crippen MR) is 99.5 cm³/mol. The summed E-state index contributed by atoms with van der Waals surface area (Å²) in [7, 11) is 0. The minimum absolute atomic E-state index is 0.102. The van der Waals surface area contributed by atoms with E-state index >= 15 is 0 Å². The van der Waals surface area contributed by atoms with Crippen LogP contribution in [0, 0.1) is 0 Å². The van der Waals surface area contributed by atoms with E-state index in [2.05, 4.69) is 25.5 Å². The second kappa shape index (κ2) is 6.59. The van der Waals surface area contributed by atoms with Crippen LogP contribution in [0.15, 0.2) is 42.7 Å². The monoisotopic (exact) mass is 348 g/mol. The summed E-state index contributed by atoms with van der Waals surface area (Å²) < 4.78 is 0. The normalized spacial score (nSPS) is 14.8. The zero-order valence-corrected chi connectivity index (χ0v) is 14.4. The van der Waals surface area contributed by atoms with Crippen molar-refractivity contribution < 1.29 is 4.79 Å². The lowest BCUT2D eigenvalue weighted by Crippen LogP contribution is -2.19. The van der Waals surface area contributed by atoms with E-state index in [-0.39, 0.29) is 11.8 Å². The van der Waals surface area contributed by atoms with E-state index in [1.807, 2.05) is 37.3 Å². The molecule has 3 aromatic rings. The molecule has 0 spiro atoms. The van der Waals surface area contributed by atoms with Crippen molar-refractivity contribution >= 4 is 17.5 Å². The molecule has 2 aromatic heterocycles. The van der Waals surface area contributed by atoms with Gasteiger partial charge in [-0.05, 0) is 31.4 Å². The first-order valence-corrected chi connectivity index (χ1v) is 8.64. The topological polar surface area (TPSA) is 110 Å². The number of carbonyl (C=O) groups is 1. The average Bonchev–Trinajstić information content (AvgIpc) is 3.41. The highest BCUT2D eigenvalue weighted by Gasteiger charge is 2.26. The van der Waals surface area contributed by atoms with Gasteiger partial charge in [0.1, 0.15) is 5.82 Å². The van der Waals surface area contributed by atoms with Gasteiger partial charge in [0.2, 0.25) is 5.91 Å². The molecule has 132 valence electrons. The van der Waals surface area contributed by atoms with Gasteiger partial charge in [-0.1, -0.05) is 18.2 Å². The summed E-state index contributed by atoms with van der Waals surface area (Å²) in [5.41, 5.74) is 9.25. The maximum atomic E-state index is 12.6. The van der Waals surface area contributed by atoms with E-state index < -0.39 is 0 Å². The summed E-state index contributed by atoms with van der Waals surface area (Å²) in [6, 6.07) is 9.61. The molecule has 1 unspecified atom stereocenters. The Bertz CT molecular complexity index is 946. The zero-order valence-electron chi connectivity index (χ0n) is 14.4. The van der Waals surface area contributed by atoms with Gasteiger partial charge < -0.3 is 11.1 Å². The van der Waals surface area contributed by atoms with E-state index in [9.17, 15) is 4.79 Å². The molecule has 1 saturated carbocycles. The minimum atomic E-state index is -0.329. The standard InChI is InChI=1S/C19H20N6O/c1-11(19(26)23-18-8-15(24-25-18)12-5-6-12)13-3-2-4-14(7-13)16-9-21-10-17(20)22-16/h2-4,7-12H,5-6H2,1H3,(H2,20,22)(H2,23,24,25,26). The molecule has 2 heterocycles. The fraction of sp³-hybridized carbons (Fsp3) is 0.263. The largest absolute Gasteiger partial charge is 0.382 e. The highest BCUT2D eigenvalue weighted by atomic mass is 16.1. The maximum absolute atomic E-state index is 12.6. The second-order valence-corrected chi connectivity index (χ2v) is 6.65. The number of rotatable bonds is 5. The third kappa shape index (κ3) is 3.42. The van der Waals surface area contributed by atoms with E-state index in [4.69, 9.17) is 5.73 Å². The quantitative estimate of drug-likeness (QED) is 0.656. The minimum Gasteiger partial charge on any atom is -0.382 e. The van der Waals surface area contributed by atoms with E-state index in [1.165, 1.54) is 19.0 Å². The van der Waals surface area contributed by atoms with Crippen LogP contribution in [0.4, 0.5) is 11.6 Å². The summed E-state index contributed by atoms with van der Waals surface area (Å²) in [6.45, 7) is 1.87. The van der Waals surface area contributed by atoms with Gasteiger partial charge in [0.15, 0.2) is 5.82 Å². The number of benzene rings is 1. The molecule has 4 rings (SSSR count). The van der Waals surface area contributed by atoms with Gasteiger partial charge in [-0.3, -0.25) is 14.9 Å². The van der Waals surface area contributed by atoms with Gasteiger partial charge in [0.05, 0.1) is 24.0 Å². The van der Waals surface area contributed by atoms with E-state index in [0.29, 0.717) is 23.2 Å². The number of hydrogen-bond donors (Lipinski definition) is 3. The highest BCUT2D eigenvalue weighted by molar-refractivity contribution is 5.95. The lowest BCUT2D eigenvalue weighted by Gasteiger charge is -2.12. The Morgan fingerprint density at radius 1 is 1.31 bits per heavy atom. The van der Waals surface area contributed by atoms with Gasteiger partial charge in [0.25, 0.3) is 0 Å². The summed E-state index contributed by atoms with van der Waals surface area (Å²) in [4.78, 5) is 20.9. The molecule has 1 amide bonds. The van der Waals surface area contributed by atoms with Crippen molar-refractivity contribution in [1.82, 2.24) is 20.2 Å². The molecule has 0 saturated heterocycles. The number of nitrogen functional groups attached to an aromatic ring is 1. The first kappa shape index (κ1) is 16.3. The zero-order chi connectivity index (χ0) is 18.1. The van der Waals surface area contributed by atoms with Gasteiger partial charge in [-0.25, -0.2) is 4.98 Å². The Kier molecular flexibility index (Phi) is 4.12. The summed E-state index contributed by atoms with van der Waals surface area (Å²) in [5, 5.41) is 10.1. The third-order valence-corrected chi connectivity index (χ3v) is 4.59. The number of aromatic amines is 1. The van der Waals surface area contributed by atoms with Crippen LogP contribution in [0.2, 0.25) is 0 Å². The Hall–Kier alpha value is -3.22. The van der Waals surface area contributed by atoms with Crippen molar-refractivity contribution in [2.24, 2.45) is 0 Å². The molecular formula is C19H20N6O. The molecular weight excluding hydrogens is 328 g/mol. The van der Waals surface area contributed by atoms with Crippen LogP contribution in [0.3, 0.4) is 0 Å². The number of nitrogens with two attached hydrogens (primary N) is 1. The summed E-state index contributed by atoms with van der Waals surface area (Å²) in [6.07, 6.45) is 5.53. The van der Waals surface area contributed by atoms with Crippen LogP contribution in [0.1, 0.15) is 42.9 Å². The highest BCUT2D eigenvalue weighted by Crippen LogP contribution is 2.39. The second-order valence-electron chi connectivity index (χ2n) is 6.65. The fourth-order valence-electron chi connectivity index (χ4n) is 2.88. The van der Waals surface area contributed by atoms with Gasteiger partial charge in [-0.2, -0.15) is 5.10 Å². The summed E-state index contributed by atoms with van der Waals surface area (Å²) >= 11 is 0. The van der Waals surface area contributed by atoms with Crippen LogP contribution in [0.5, 0.6) is 0 Å². The first-order chi connectivity index (χ1) is 12.6. The van der Waals surface area contributed by atoms with Crippen LogP contribution < -0.4 is 11.1 Å². The van der Waals surface area contributed by atoms with Crippen molar-refractivity contribution in [2.75, 3.05) is 11.1 Å². The molecule has 0 radical (unpaired) electrons. The molecule has 1 aliphatic rings. The number of H-pyrrole nitrogens is 1. The van der Waals surface area contributed by atoms with Crippen molar-refractivity contribution in [1.29, 1.82) is 0 Å². The van der Waals surface area contributed by atoms with Crippen LogP contribution in [-0.4, -0.2) is 26.1 Å². The fourth-order valence-corrected chi connectivity index (χ4v) is 2.88.